The first-order chi connectivity index (χ1) is 7.99. The minimum atomic E-state index is -5.02. The molecule has 0 aliphatic rings. The lowest BCUT2D eigenvalue weighted by Gasteiger charge is -2.23. The van der Waals surface area contributed by atoms with E-state index < -0.39 is 34.7 Å². The molecule has 0 heterocycles. The van der Waals surface area contributed by atoms with Crippen LogP contribution in [-0.2, 0) is 0 Å². The van der Waals surface area contributed by atoms with Crippen LogP contribution < -0.4 is 9.47 Å². The van der Waals surface area contributed by atoms with E-state index in [4.69, 9.17) is 4.74 Å². The molecular formula is C8H9B3F4O3. The summed E-state index contributed by atoms with van der Waals surface area (Å²) in [5, 5.41) is 8.50. The topological polar surface area (TPSA) is 38.7 Å². The molecular weight excluding hydrogens is 253 g/mol. The highest BCUT2D eigenvalue weighted by Crippen LogP contribution is 2.38. The molecule has 0 saturated heterocycles. The van der Waals surface area contributed by atoms with E-state index in [1.165, 1.54) is 0 Å². The Balaban J connectivity index is 3.15. The van der Waals surface area contributed by atoms with E-state index >= 15 is 0 Å². The first kappa shape index (κ1) is 14.6. The number of halogens is 4. The van der Waals surface area contributed by atoms with Gasteiger partial charge < -0.3 is 14.6 Å². The largest absolute Gasteiger partial charge is 0.573 e. The maximum atomic E-state index is 13.7. The van der Waals surface area contributed by atoms with Crippen LogP contribution in [0.2, 0.25) is 0 Å². The average molecular weight is 262 g/mol. The number of ether oxygens (including phenoxy) is 2. The first-order valence-electron chi connectivity index (χ1n) is 4.96. The van der Waals surface area contributed by atoms with Crippen molar-refractivity contribution in [2.24, 2.45) is 0 Å². The molecule has 0 aromatic heterocycles. The lowest BCUT2D eigenvalue weighted by atomic mass is 9.52. The van der Waals surface area contributed by atoms with Gasteiger partial charge in [-0.15, -0.1) is 13.2 Å². The van der Waals surface area contributed by atoms with E-state index in [1.807, 2.05) is 0 Å². The molecule has 0 spiro atoms. The van der Waals surface area contributed by atoms with Crippen molar-refractivity contribution in [2.75, 3.05) is 0 Å². The van der Waals surface area contributed by atoms with Crippen LogP contribution in [0.1, 0.15) is 0 Å². The average Bonchev–Trinajstić information content (AvgIpc) is 2.14. The minimum Gasteiger partial charge on any atom is -0.508 e. The molecule has 0 atom stereocenters. The fourth-order valence-electron chi connectivity index (χ4n) is 1.13. The van der Waals surface area contributed by atoms with E-state index in [1.54, 1.807) is 23.5 Å². The van der Waals surface area contributed by atoms with Crippen LogP contribution in [-0.4, -0.2) is 40.3 Å². The zero-order chi connectivity index (χ0) is 14.1. The molecule has 96 valence electrons. The highest BCUT2D eigenvalue weighted by Gasteiger charge is 2.34. The molecule has 0 saturated carbocycles. The Kier molecular flexibility index (Phi) is 3.78. The van der Waals surface area contributed by atoms with E-state index in [-0.39, 0.29) is 0 Å². The van der Waals surface area contributed by atoms with Crippen LogP contribution in [0.4, 0.5) is 17.6 Å². The minimum absolute atomic E-state index is 0.600. The monoisotopic (exact) mass is 262 g/mol. The fraction of sp³-hybridized carbons (Fsp3) is 0.250. The number of hydrogen-bond donors (Lipinski definition) is 1. The molecule has 0 amide bonds. The predicted molar refractivity (Wildman–Crippen MR) is 63.7 cm³/mol. The normalized spacial score (nSPS) is 12.2. The molecule has 0 fully saturated rings. The maximum Gasteiger partial charge on any atom is 0.573 e. The summed E-state index contributed by atoms with van der Waals surface area (Å²) in [6, 6.07) is 1.54. The third kappa shape index (κ3) is 4.08. The van der Waals surface area contributed by atoms with Crippen molar-refractivity contribution in [3.05, 3.63) is 17.9 Å². The predicted octanol–water partition coefficient (Wildman–Crippen LogP) is -0.681. The van der Waals surface area contributed by atoms with Crippen molar-refractivity contribution in [1.29, 1.82) is 0 Å². The van der Waals surface area contributed by atoms with Gasteiger partial charge in [-0.25, -0.2) is 0 Å². The van der Waals surface area contributed by atoms with E-state index in [2.05, 4.69) is 4.74 Å². The van der Waals surface area contributed by atoms with Gasteiger partial charge in [0, 0.05) is 5.30 Å². The summed E-state index contributed by atoms with van der Waals surface area (Å²) in [6.07, 6.45) is -5.02. The lowest BCUT2D eigenvalue weighted by Crippen LogP contribution is -2.37. The SMILES string of the molecule is BC(B)(B)Oc1c(O)ccc(OC(F)(F)F)c1F. The van der Waals surface area contributed by atoms with Crippen LogP contribution in [0, 0.1) is 5.82 Å². The van der Waals surface area contributed by atoms with Gasteiger partial charge in [0.05, 0.1) is 0 Å². The van der Waals surface area contributed by atoms with Crippen molar-refractivity contribution in [3.63, 3.8) is 0 Å². The summed E-state index contributed by atoms with van der Waals surface area (Å²) in [5.41, 5.74) is 0. The Bertz CT molecular complexity index is 444. The molecule has 1 rings (SSSR count). The molecule has 1 aromatic rings. The Hall–Kier alpha value is -1.47. The third-order valence-corrected chi connectivity index (χ3v) is 1.67. The first-order valence-corrected chi connectivity index (χ1v) is 4.96. The zero-order valence-corrected chi connectivity index (χ0v) is 9.93. The van der Waals surface area contributed by atoms with Gasteiger partial charge in [0.1, 0.15) is 23.5 Å². The summed E-state index contributed by atoms with van der Waals surface area (Å²) in [6.45, 7) is 0. The van der Waals surface area contributed by atoms with Crippen LogP contribution in [0.25, 0.3) is 0 Å². The van der Waals surface area contributed by atoms with Gasteiger partial charge in [-0.05, 0) is 12.1 Å². The molecule has 10 heteroatoms. The van der Waals surface area contributed by atoms with Gasteiger partial charge in [0.25, 0.3) is 0 Å². The van der Waals surface area contributed by atoms with Crippen LogP contribution in [0.5, 0.6) is 17.2 Å². The molecule has 0 aliphatic carbocycles. The van der Waals surface area contributed by atoms with Crippen LogP contribution >= 0.6 is 0 Å². The lowest BCUT2D eigenvalue weighted by molar-refractivity contribution is -0.275. The van der Waals surface area contributed by atoms with Crippen molar-refractivity contribution in [2.45, 2.75) is 11.7 Å². The van der Waals surface area contributed by atoms with Gasteiger partial charge in [0.15, 0.2) is 17.2 Å². The fourth-order valence-corrected chi connectivity index (χ4v) is 1.13. The number of rotatable bonds is 3. The smallest absolute Gasteiger partial charge is 0.508 e. The van der Waals surface area contributed by atoms with Gasteiger partial charge in [-0.1, -0.05) is 0 Å². The summed E-state index contributed by atoms with van der Waals surface area (Å²) in [5.74, 6) is -3.73. The van der Waals surface area contributed by atoms with Crippen molar-refractivity contribution < 1.29 is 32.1 Å². The molecule has 1 aromatic carbocycles. The molecule has 0 unspecified atom stereocenters. The molecule has 0 aliphatic heterocycles. The number of alkyl halides is 3. The molecule has 3 nitrogen and oxygen atoms in total. The quantitative estimate of drug-likeness (QED) is 0.579. The summed E-state index contributed by atoms with van der Waals surface area (Å²) in [7, 11) is 4.68. The Morgan fingerprint density at radius 1 is 1.06 bits per heavy atom. The van der Waals surface area contributed by atoms with Gasteiger partial charge >= 0.3 is 6.36 Å². The van der Waals surface area contributed by atoms with Crippen molar-refractivity contribution in [3.8, 4) is 17.2 Å². The van der Waals surface area contributed by atoms with Crippen LogP contribution in [0.3, 0.4) is 0 Å². The Morgan fingerprint density at radius 2 is 1.61 bits per heavy atom. The highest BCUT2D eigenvalue weighted by atomic mass is 19.4. The Morgan fingerprint density at radius 3 is 2.06 bits per heavy atom. The van der Waals surface area contributed by atoms with Gasteiger partial charge in [-0.2, -0.15) is 4.39 Å². The van der Waals surface area contributed by atoms with E-state index in [9.17, 15) is 22.7 Å². The van der Waals surface area contributed by atoms with E-state index in [0.717, 1.165) is 6.07 Å². The summed E-state index contributed by atoms with van der Waals surface area (Å²) < 4.78 is 58.2. The number of phenolic OH excluding ortho intramolecular Hbond substituents is 1. The van der Waals surface area contributed by atoms with Crippen LogP contribution in [0.15, 0.2) is 12.1 Å². The number of aromatic hydroxyl groups is 1. The second-order valence-electron chi connectivity index (χ2n) is 4.49. The molecule has 18 heavy (non-hydrogen) atoms. The van der Waals surface area contributed by atoms with Crippen molar-refractivity contribution in [1.82, 2.24) is 0 Å². The number of hydrogen-bond acceptors (Lipinski definition) is 3. The number of benzene rings is 1. The third-order valence-electron chi connectivity index (χ3n) is 1.67. The molecule has 0 bridgehead atoms. The standard InChI is InChI=1S/C8H9B3F4O3/c9-7(10,11)18-6-3(16)1-2-4(5(6)12)17-8(13,14)15/h1-2,16H,9-11H2. The maximum absolute atomic E-state index is 13.7. The Labute approximate surface area is 103 Å². The summed E-state index contributed by atoms with van der Waals surface area (Å²) in [4.78, 5) is 0. The molecule has 0 radical (unpaired) electrons. The van der Waals surface area contributed by atoms with Gasteiger partial charge in [-0.3, -0.25) is 0 Å². The second-order valence-corrected chi connectivity index (χ2v) is 4.49. The second kappa shape index (κ2) is 4.66. The van der Waals surface area contributed by atoms with Gasteiger partial charge in [0.2, 0.25) is 5.82 Å². The number of phenols is 1. The van der Waals surface area contributed by atoms with Crippen molar-refractivity contribution >= 4 is 23.5 Å². The molecule has 1 N–H and O–H groups in total. The summed E-state index contributed by atoms with van der Waals surface area (Å²) >= 11 is 0. The van der Waals surface area contributed by atoms with E-state index in [0.29, 0.717) is 6.07 Å². The zero-order valence-electron chi connectivity index (χ0n) is 9.93. The highest BCUT2D eigenvalue weighted by molar-refractivity contribution is 6.58.